The SMILES string of the molecule is COC(=O)N1CCN([C@H]2C[C@@H](C(=O)Nc3ccc(C(=O)O)cc3)N(C(=O)C3CCC(CN)CC3)C2)CC1.O=C(O)C(F)(F)F.O=C(O)C(F)(F)F. The first-order chi connectivity index (χ1) is 23.7. The van der Waals surface area contributed by atoms with Crippen molar-refractivity contribution in [3.63, 3.8) is 0 Å². The quantitative estimate of drug-likeness (QED) is 0.266. The zero-order valence-corrected chi connectivity index (χ0v) is 27.3. The maximum Gasteiger partial charge on any atom is 0.490 e. The zero-order valence-electron chi connectivity index (χ0n) is 27.3. The zero-order chi connectivity index (χ0) is 38.7. The Kier molecular flexibility index (Phi) is 15.5. The predicted molar refractivity (Wildman–Crippen MR) is 163 cm³/mol. The molecule has 2 heterocycles. The van der Waals surface area contributed by atoms with Gasteiger partial charge in [-0.05, 0) is 68.8 Å². The van der Waals surface area contributed by atoms with E-state index in [4.69, 9.17) is 35.4 Å². The molecule has 1 aliphatic carbocycles. The molecule has 3 fully saturated rings. The summed E-state index contributed by atoms with van der Waals surface area (Å²) >= 11 is 0. The molecule has 51 heavy (non-hydrogen) atoms. The number of nitrogens with one attached hydrogen (secondary N) is 1. The van der Waals surface area contributed by atoms with Crippen molar-refractivity contribution >= 4 is 41.5 Å². The first-order valence-electron chi connectivity index (χ1n) is 15.5. The smallest absolute Gasteiger partial charge is 0.478 e. The maximum atomic E-state index is 13.7. The number of methoxy groups -OCH3 is 1. The van der Waals surface area contributed by atoms with E-state index in [1.807, 2.05) is 0 Å². The van der Waals surface area contributed by atoms with E-state index >= 15 is 0 Å². The van der Waals surface area contributed by atoms with Gasteiger partial charge in [-0.1, -0.05) is 0 Å². The summed E-state index contributed by atoms with van der Waals surface area (Å²) in [5.74, 6) is -6.46. The highest BCUT2D eigenvalue weighted by Gasteiger charge is 2.45. The summed E-state index contributed by atoms with van der Waals surface area (Å²) in [5.41, 5.74) is 6.45. The van der Waals surface area contributed by atoms with Crippen LogP contribution in [0.5, 0.6) is 0 Å². The van der Waals surface area contributed by atoms with Crippen LogP contribution >= 0.6 is 0 Å². The minimum absolute atomic E-state index is 0.00858. The van der Waals surface area contributed by atoms with Crippen LogP contribution in [0.4, 0.5) is 36.8 Å². The number of benzene rings is 1. The van der Waals surface area contributed by atoms with Gasteiger partial charge in [0.2, 0.25) is 11.8 Å². The van der Waals surface area contributed by atoms with Gasteiger partial charge in [0, 0.05) is 50.4 Å². The Balaban J connectivity index is 0.000000543. The number of nitrogens with two attached hydrogens (primary N) is 1. The topological polar surface area (TPSA) is 220 Å². The molecular weight excluding hydrogens is 704 g/mol. The summed E-state index contributed by atoms with van der Waals surface area (Å²) in [7, 11) is 1.37. The van der Waals surface area contributed by atoms with E-state index in [0.717, 1.165) is 25.7 Å². The Morgan fingerprint density at radius 1 is 0.843 bits per heavy atom. The predicted octanol–water partition coefficient (Wildman–Crippen LogP) is 2.71. The number of anilines is 1. The number of halogens is 6. The van der Waals surface area contributed by atoms with Gasteiger partial charge in [-0.15, -0.1) is 0 Å². The first-order valence-corrected chi connectivity index (χ1v) is 15.5. The normalized spacial score (nSPS) is 22.4. The molecule has 0 aromatic heterocycles. The van der Waals surface area contributed by atoms with Crippen molar-refractivity contribution in [2.24, 2.45) is 17.6 Å². The molecule has 3 amide bonds. The number of aliphatic carboxylic acids is 2. The van der Waals surface area contributed by atoms with Crippen LogP contribution in [-0.2, 0) is 23.9 Å². The number of carbonyl (C=O) groups excluding carboxylic acids is 3. The van der Waals surface area contributed by atoms with Gasteiger partial charge in [-0.3, -0.25) is 14.5 Å². The van der Waals surface area contributed by atoms with Crippen LogP contribution in [0.2, 0.25) is 0 Å². The summed E-state index contributed by atoms with van der Waals surface area (Å²) in [5, 5.41) is 26.3. The van der Waals surface area contributed by atoms with Gasteiger partial charge < -0.3 is 40.9 Å². The number of nitrogens with zero attached hydrogens (tertiary/aromatic N) is 3. The third kappa shape index (κ3) is 12.9. The number of alkyl halides is 6. The summed E-state index contributed by atoms with van der Waals surface area (Å²) in [6.45, 7) is 3.46. The van der Waals surface area contributed by atoms with Crippen molar-refractivity contribution in [1.29, 1.82) is 0 Å². The molecule has 0 spiro atoms. The Morgan fingerprint density at radius 2 is 1.33 bits per heavy atom. The van der Waals surface area contributed by atoms with E-state index in [1.54, 1.807) is 21.9 Å². The Morgan fingerprint density at radius 3 is 1.75 bits per heavy atom. The van der Waals surface area contributed by atoms with Crippen LogP contribution in [-0.4, -0.2) is 137 Å². The second-order valence-corrected chi connectivity index (χ2v) is 11.8. The fraction of sp³-hybridized carbons (Fsp3) is 0.600. The van der Waals surface area contributed by atoms with E-state index < -0.39 is 36.3 Å². The van der Waals surface area contributed by atoms with E-state index in [0.29, 0.717) is 57.3 Å². The van der Waals surface area contributed by atoms with Gasteiger partial charge in [0.1, 0.15) is 6.04 Å². The van der Waals surface area contributed by atoms with Crippen LogP contribution in [0.3, 0.4) is 0 Å². The maximum absolute atomic E-state index is 13.7. The largest absolute Gasteiger partial charge is 0.490 e. The summed E-state index contributed by atoms with van der Waals surface area (Å²) in [6, 6.07) is 5.38. The van der Waals surface area contributed by atoms with Gasteiger partial charge >= 0.3 is 36.4 Å². The molecule has 1 aromatic rings. The molecule has 15 nitrogen and oxygen atoms in total. The molecule has 6 N–H and O–H groups in total. The van der Waals surface area contributed by atoms with Crippen molar-refractivity contribution in [3.05, 3.63) is 29.8 Å². The minimum Gasteiger partial charge on any atom is -0.478 e. The van der Waals surface area contributed by atoms with Gasteiger partial charge in [0.25, 0.3) is 0 Å². The van der Waals surface area contributed by atoms with Crippen LogP contribution in [0, 0.1) is 11.8 Å². The summed E-state index contributed by atoms with van der Waals surface area (Å²) in [4.78, 5) is 73.5. The number of ether oxygens (including phenoxy) is 1. The monoisotopic (exact) mass is 743 g/mol. The summed E-state index contributed by atoms with van der Waals surface area (Å²) < 4.78 is 68.3. The highest BCUT2D eigenvalue weighted by molar-refractivity contribution is 5.98. The van der Waals surface area contributed by atoms with Crippen LogP contribution in [0.25, 0.3) is 0 Å². The summed E-state index contributed by atoms with van der Waals surface area (Å²) in [6.07, 6.45) is -6.60. The molecule has 0 bridgehead atoms. The molecule has 1 aromatic carbocycles. The Hall–Kier alpha value is -4.66. The molecule has 0 radical (unpaired) electrons. The number of carbonyl (C=O) groups is 6. The molecule has 2 saturated heterocycles. The molecule has 3 aliphatic rings. The number of amides is 3. The van der Waals surface area contributed by atoms with Crippen LogP contribution in [0.15, 0.2) is 24.3 Å². The number of aromatic carboxylic acids is 1. The van der Waals surface area contributed by atoms with Gasteiger partial charge in [0.05, 0.1) is 12.7 Å². The fourth-order valence-electron chi connectivity index (χ4n) is 5.77. The average Bonchev–Trinajstić information content (AvgIpc) is 3.53. The van der Waals surface area contributed by atoms with Crippen molar-refractivity contribution in [3.8, 4) is 0 Å². The molecule has 0 unspecified atom stereocenters. The lowest BCUT2D eigenvalue weighted by Gasteiger charge is -2.37. The molecule has 2 aliphatic heterocycles. The van der Waals surface area contributed by atoms with Crippen molar-refractivity contribution in [2.45, 2.75) is 56.5 Å². The van der Waals surface area contributed by atoms with Crippen LogP contribution < -0.4 is 11.1 Å². The van der Waals surface area contributed by atoms with Crippen LogP contribution in [0.1, 0.15) is 42.5 Å². The molecule has 21 heteroatoms. The minimum atomic E-state index is -5.08. The molecule has 286 valence electrons. The van der Waals surface area contributed by atoms with E-state index in [2.05, 4.69) is 10.2 Å². The number of carboxylic acid groups (broad SMARTS) is 3. The molecular formula is C30H39F6N5O10. The number of hydrogen-bond acceptors (Lipinski definition) is 9. The van der Waals surface area contributed by atoms with E-state index in [9.17, 15) is 45.5 Å². The first kappa shape index (κ1) is 42.5. The standard InChI is InChI=1S/C26H37N5O6.2C2HF3O2/c1-37-26(36)30-12-10-29(11-13-30)21-14-22(23(32)28-20-8-6-19(7-9-20)25(34)35)31(16-21)24(33)18-4-2-17(15-27)3-5-18;2*3-2(4,5)1(6)7/h6-9,17-18,21-22H,2-5,10-16,27H2,1H3,(H,28,32)(H,34,35);2*(H,6,7)/t17?,18?,21-,22-;;/m0../s1. The number of piperazine rings is 1. The Labute approximate surface area is 287 Å². The lowest BCUT2D eigenvalue weighted by Crippen LogP contribution is -2.52. The van der Waals surface area contributed by atoms with Gasteiger partial charge in [0.15, 0.2) is 0 Å². The lowest BCUT2D eigenvalue weighted by atomic mass is 9.81. The van der Waals surface area contributed by atoms with Crippen molar-refractivity contribution in [1.82, 2.24) is 14.7 Å². The Bertz CT molecular complexity index is 1350. The van der Waals surface area contributed by atoms with E-state index in [1.165, 1.54) is 19.2 Å². The molecule has 2 atom stereocenters. The van der Waals surface area contributed by atoms with Crippen molar-refractivity contribution < 1.29 is 75.2 Å². The fourth-order valence-corrected chi connectivity index (χ4v) is 5.77. The van der Waals surface area contributed by atoms with Gasteiger partial charge in [-0.2, -0.15) is 26.3 Å². The lowest BCUT2D eigenvalue weighted by molar-refractivity contribution is -0.193. The molecule has 1 saturated carbocycles. The third-order valence-electron chi connectivity index (χ3n) is 8.54. The number of likely N-dealkylation sites (tertiary alicyclic amines) is 1. The average molecular weight is 744 g/mol. The number of rotatable bonds is 6. The second kappa shape index (κ2) is 18.5. The number of carboxylic acids is 3. The van der Waals surface area contributed by atoms with E-state index in [-0.39, 0.29) is 35.4 Å². The highest BCUT2D eigenvalue weighted by atomic mass is 19.4. The third-order valence-corrected chi connectivity index (χ3v) is 8.54. The highest BCUT2D eigenvalue weighted by Crippen LogP contribution is 2.33. The number of hydrogen-bond donors (Lipinski definition) is 5. The van der Waals surface area contributed by atoms with Gasteiger partial charge in [-0.25, -0.2) is 19.2 Å². The van der Waals surface area contributed by atoms with Crippen molar-refractivity contribution in [2.75, 3.05) is 51.7 Å². The second-order valence-electron chi connectivity index (χ2n) is 11.8. The molecule has 4 rings (SSSR count).